The van der Waals surface area contributed by atoms with Crippen LogP contribution >= 0.6 is 0 Å². The molecule has 1 unspecified atom stereocenters. The number of hydrogen-bond donors (Lipinski definition) is 1. The second-order valence-corrected chi connectivity index (χ2v) is 4.58. The normalized spacial score (nSPS) is 17.6. The van der Waals surface area contributed by atoms with E-state index >= 15 is 0 Å². The van der Waals surface area contributed by atoms with Gasteiger partial charge in [-0.25, -0.2) is 4.79 Å². The van der Waals surface area contributed by atoms with Crippen LogP contribution < -0.4 is 5.06 Å². The standard InChI is InChI=1S/C17H13NO2.Na/c19-17-12-15(13-7-3-1-4-8-13)11-16(18(17)20)14-9-5-2-6-10-14;/h1-12,18H;. The van der Waals surface area contributed by atoms with Crippen LogP contribution in [0.2, 0.25) is 0 Å². The Morgan fingerprint density at radius 1 is 0.762 bits per heavy atom. The number of hydrogen-bond acceptors (Lipinski definition) is 2. The third kappa shape index (κ3) is 3.40. The summed E-state index contributed by atoms with van der Waals surface area (Å²) in [6.07, 6.45) is 3.19. The number of amides is 1. The maximum atomic E-state index is 12.0. The van der Waals surface area contributed by atoms with Gasteiger partial charge in [-0.15, -0.1) is 0 Å². The van der Waals surface area contributed by atoms with Crippen LogP contribution in [0.15, 0.2) is 72.8 Å². The van der Waals surface area contributed by atoms with E-state index in [9.17, 15) is 10.0 Å². The van der Waals surface area contributed by atoms with E-state index in [0.29, 0.717) is 5.70 Å². The Morgan fingerprint density at radius 2 is 1.29 bits per heavy atom. The number of nitrogens with one attached hydrogen (secondary N) is 1. The second-order valence-electron chi connectivity index (χ2n) is 4.58. The van der Waals surface area contributed by atoms with Gasteiger partial charge in [0.1, 0.15) is 5.70 Å². The van der Waals surface area contributed by atoms with Gasteiger partial charge in [0, 0.05) is 41.2 Å². The molecule has 0 saturated heterocycles. The monoisotopic (exact) mass is 286 g/mol. The first-order valence-corrected chi connectivity index (χ1v) is 6.38. The molecule has 99 valence electrons. The van der Waals surface area contributed by atoms with Crippen molar-refractivity contribution >= 4 is 46.7 Å². The molecule has 1 radical (unpaired) electrons. The van der Waals surface area contributed by atoms with Gasteiger partial charge in [-0.2, -0.15) is 0 Å². The molecule has 0 spiro atoms. The van der Waals surface area contributed by atoms with E-state index in [1.54, 1.807) is 6.08 Å². The summed E-state index contributed by atoms with van der Waals surface area (Å²) in [5, 5.41) is 11.6. The SMILES string of the molecule is O=C1C=C(c2ccccc2)C=C(c2ccccc2)[NH+]1[O-].[Na]. The molecule has 1 aliphatic rings. The van der Waals surface area contributed by atoms with E-state index in [1.807, 2.05) is 60.7 Å². The topological polar surface area (TPSA) is 44.6 Å². The average molecular weight is 286 g/mol. The van der Waals surface area contributed by atoms with Crippen LogP contribution in [0.3, 0.4) is 0 Å². The van der Waals surface area contributed by atoms with Gasteiger partial charge in [-0.1, -0.05) is 48.5 Å². The fourth-order valence-electron chi connectivity index (χ4n) is 2.23. The molecule has 21 heavy (non-hydrogen) atoms. The van der Waals surface area contributed by atoms with E-state index in [4.69, 9.17) is 0 Å². The molecule has 0 aromatic heterocycles. The Bertz CT molecular complexity index is 693. The molecule has 1 atom stereocenters. The van der Waals surface area contributed by atoms with Gasteiger partial charge >= 0.3 is 5.91 Å². The van der Waals surface area contributed by atoms with Crippen molar-refractivity contribution in [1.29, 1.82) is 0 Å². The Kier molecular flexibility index (Phi) is 5.28. The van der Waals surface area contributed by atoms with Gasteiger partial charge in [0.25, 0.3) is 0 Å². The van der Waals surface area contributed by atoms with Gasteiger partial charge in [0.2, 0.25) is 0 Å². The molecule has 0 bridgehead atoms. The molecule has 0 aliphatic carbocycles. The van der Waals surface area contributed by atoms with Crippen molar-refractivity contribution in [2.45, 2.75) is 0 Å². The Hall–Kier alpha value is -1.49. The summed E-state index contributed by atoms with van der Waals surface area (Å²) in [6.45, 7) is 0. The van der Waals surface area contributed by atoms with Crippen molar-refractivity contribution in [3.05, 3.63) is 89.1 Å². The summed E-state index contributed by atoms with van der Waals surface area (Å²) in [5.41, 5.74) is 2.93. The molecular weight excluding hydrogens is 273 g/mol. The number of benzene rings is 2. The van der Waals surface area contributed by atoms with E-state index in [1.165, 1.54) is 6.08 Å². The summed E-state index contributed by atoms with van der Waals surface area (Å²) in [5.74, 6) is -0.467. The summed E-state index contributed by atoms with van der Waals surface area (Å²) in [4.78, 5) is 11.9. The molecule has 1 heterocycles. The number of rotatable bonds is 2. The van der Waals surface area contributed by atoms with Crippen LogP contribution in [-0.4, -0.2) is 35.5 Å². The molecule has 0 fully saturated rings. The zero-order valence-electron chi connectivity index (χ0n) is 11.7. The van der Waals surface area contributed by atoms with E-state index in [2.05, 4.69) is 0 Å². The van der Waals surface area contributed by atoms with E-state index in [-0.39, 0.29) is 29.6 Å². The Labute approximate surface area is 145 Å². The van der Waals surface area contributed by atoms with Gasteiger partial charge in [-0.05, 0) is 23.3 Å². The number of carbonyl (C=O) groups is 1. The molecule has 4 heteroatoms. The van der Waals surface area contributed by atoms with Crippen LogP contribution in [0.4, 0.5) is 0 Å². The summed E-state index contributed by atoms with van der Waals surface area (Å²) < 4.78 is 0. The van der Waals surface area contributed by atoms with E-state index < -0.39 is 11.0 Å². The molecule has 3 nitrogen and oxygen atoms in total. The predicted molar refractivity (Wildman–Crippen MR) is 83.9 cm³/mol. The van der Waals surface area contributed by atoms with Crippen LogP contribution in [0.25, 0.3) is 11.3 Å². The molecule has 0 saturated carbocycles. The fraction of sp³-hybridized carbons (Fsp3) is 0. The minimum atomic E-state index is -0.467. The average Bonchev–Trinajstić information content (AvgIpc) is 2.51. The van der Waals surface area contributed by atoms with Gasteiger partial charge in [0.05, 0.1) is 6.08 Å². The summed E-state index contributed by atoms with van der Waals surface area (Å²) in [7, 11) is 0. The molecule has 2 aromatic carbocycles. The number of hydroxylamine groups is 2. The first-order chi connectivity index (χ1) is 9.75. The zero-order valence-corrected chi connectivity index (χ0v) is 13.7. The number of allylic oxidation sites excluding steroid dienone is 2. The van der Waals surface area contributed by atoms with Crippen LogP contribution in [-0.2, 0) is 4.79 Å². The van der Waals surface area contributed by atoms with Crippen molar-refractivity contribution in [3.8, 4) is 0 Å². The van der Waals surface area contributed by atoms with Gasteiger partial charge in [-0.3, -0.25) is 5.06 Å². The fourth-order valence-corrected chi connectivity index (χ4v) is 2.23. The quantitative estimate of drug-likeness (QED) is 0.674. The van der Waals surface area contributed by atoms with Gasteiger partial charge < -0.3 is 5.21 Å². The zero-order chi connectivity index (χ0) is 13.9. The van der Waals surface area contributed by atoms with Crippen molar-refractivity contribution in [2.24, 2.45) is 0 Å². The summed E-state index contributed by atoms with van der Waals surface area (Å²) >= 11 is 0. The second kappa shape index (κ2) is 6.98. The predicted octanol–water partition coefficient (Wildman–Crippen LogP) is 1.65. The van der Waals surface area contributed by atoms with Crippen LogP contribution in [0, 0.1) is 5.21 Å². The maximum Gasteiger partial charge on any atom is 0.342 e. The first-order valence-electron chi connectivity index (χ1n) is 6.38. The Morgan fingerprint density at radius 3 is 1.86 bits per heavy atom. The molecule has 2 aromatic rings. The molecule has 1 amide bonds. The van der Waals surface area contributed by atoms with Crippen LogP contribution in [0.5, 0.6) is 0 Å². The third-order valence-electron chi connectivity index (χ3n) is 3.25. The molecule has 1 aliphatic heterocycles. The minimum absolute atomic E-state index is 0. The smallest absolute Gasteiger partial charge is 0.342 e. The first kappa shape index (κ1) is 15.9. The Balaban J connectivity index is 0.00000161. The maximum absolute atomic E-state index is 12.0. The van der Waals surface area contributed by atoms with Crippen molar-refractivity contribution in [1.82, 2.24) is 0 Å². The minimum Gasteiger partial charge on any atom is -0.621 e. The summed E-state index contributed by atoms with van der Waals surface area (Å²) in [6, 6.07) is 18.9. The molecule has 3 rings (SSSR count). The molecule has 1 N–H and O–H groups in total. The third-order valence-corrected chi connectivity index (χ3v) is 3.25. The number of quaternary nitrogens is 1. The van der Waals surface area contributed by atoms with Crippen molar-refractivity contribution < 1.29 is 9.86 Å². The molecular formula is C17H13NNaO2. The van der Waals surface area contributed by atoms with Crippen molar-refractivity contribution in [3.63, 3.8) is 0 Å². The van der Waals surface area contributed by atoms with Crippen LogP contribution in [0.1, 0.15) is 11.1 Å². The van der Waals surface area contributed by atoms with Crippen molar-refractivity contribution in [2.75, 3.05) is 0 Å². The van der Waals surface area contributed by atoms with E-state index in [0.717, 1.165) is 16.7 Å². The van der Waals surface area contributed by atoms with Gasteiger partial charge in [0.15, 0.2) is 0 Å². The number of carbonyl (C=O) groups excluding carboxylic acids is 1. The largest absolute Gasteiger partial charge is 0.621 e.